The van der Waals surface area contributed by atoms with Gasteiger partial charge in [0.05, 0.1) is 30.3 Å². The van der Waals surface area contributed by atoms with Crippen LogP contribution in [0.25, 0.3) is 0 Å². The van der Waals surface area contributed by atoms with E-state index in [2.05, 4.69) is 20.7 Å². The fourth-order valence-corrected chi connectivity index (χ4v) is 3.29. The summed E-state index contributed by atoms with van der Waals surface area (Å²) in [5.74, 6) is -2.27. The molecule has 0 bridgehead atoms. The highest BCUT2D eigenvalue weighted by atomic mass is 19.4. The highest BCUT2D eigenvalue weighted by Gasteiger charge is 2.52. The van der Waals surface area contributed by atoms with Crippen LogP contribution in [0.4, 0.5) is 31.1 Å². The summed E-state index contributed by atoms with van der Waals surface area (Å²) >= 11 is 0. The molecule has 13 heteroatoms. The average molecular weight is 452 g/mol. The molecule has 1 aromatic carbocycles. The molecule has 1 aromatic rings. The van der Waals surface area contributed by atoms with Gasteiger partial charge in [0.2, 0.25) is 5.91 Å². The fraction of sp³-hybridized carbons (Fsp3) is 0.500. The molecule has 1 heterocycles. The van der Waals surface area contributed by atoms with Crippen molar-refractivity contribution in [1.82, 2.24) is 16.0 Å². The SMILES string of the molecule is COC(=O)NCCNC(=O)[C@@H]1CC(c2ccc(C#N)c(C(F)(F)F)c2)[C@H](C(F)(F)F)N1. The van der Waals surface area contributed by atoms with Crippen molar-refractivity contribution in [3.63, 3.8) is 0 Å². The smallest absolute Gasteiger partial charge is 0.417 e. The average Bonchev–Trinajstić information content (AvgIpc) is 3.15. The van der Waals surface area contributed by atoms with Gasteiger partial charge in [-0.1, -0.05) is 6.07 Å². The highest BCUT2D eigenvalue weighted by molar-refractivity contribution is 5.82. The number of hydrogen-bond acceptors (Lipinski definition) is 5. The van der Waals surface area contributed by atoms with Crippen LogP contribution in [0.15, 0.2) is 18.2 Å². The molecule has 0 spiro atoms. The lowest BCUT2D eigenvalue weighted by Crippen LogP contribution is -2.48. The van der Waals surface area contributed by atoms with Crippen molar-refractivity contribution in [2.45, 2.75) is 36.8 Å². The number of ether oxygens (including phenoxy) is 1. The second-order valence-corrected chi connectivity index (χ2v) is 6.70. The number of nitrogens with zero attached hydrogens (tertiary/aromatic N) is 1. The van der Waals surface area contributed by atoms with E-state index in [0.717, 1.165) is 19.2 Å². The predicted molar refractivity (Wildman–Crippen MR) is 93.7 cm³/mol. The summed E-state index contributed by atoms with van der Waals surface area (Å²) in [7, 11) is 1.13. The Morgan fingerprint density at radius 1 is 1.19 bits per heavy atom. The van der Waals surface area contributed by atoms with Gasteiger partial charge in [0.15, 0.2) is 0 Å². The van der Waals surface area contributed by atoms with Crippen molar-refractivity contribution in [3.05, 3.63) is 34.9 Å². The van der Waals surface area contributed by atoms with Gasteiger partial charge in [-0.15, -0.1) is 0 Å². The Labute approximate surface area is 172 Å². The van der Waals surface area contributed by atoms with Gasteiger partial charge in [0.1, 0.15) is 6.04 Å². The zero-order valence-corrected chi connectivity index (χ0v) is 16.0. The molecular formula is C18H18F6N4O3. The highest BCUT2D eigenvalue weighted by Crippen LogP contribution is 2.41. The lowest BCUT2D eigenvalue weighted by molar-refractivity contribution is -0.156. The first kappa shape index (κ1) is 24.3. The number of methoxy groups -OCH3 is 1. The summed E-state index contributed by atoms with van der Waals surface area (Å²) in [5.41, 5.74) is -2.34. The largest absolute Gasteiger partial charge is 0.453 e. The molecule has 0 radical (unpaired) electrons. The van der Waals surface area contributed by atoms with Crippen LogP contribution >= 0.6 is 0 Å². The van der Waals surface area contributed by atoms with E-state index in [4.69, 9.17) is 5.26 Å². The summed E-state index contributed by atoms with van der Waals surface area (Å²) in [6.45, 7) is -0.135. The second-order valence-electron chi connectivity index (χ2n) is 6.70. The maximum absolute atomic E-state index is 13.5. The lowest BCUT2D eigenvalue weighted by atomic mass is 9.88. The molecule has 1 fully saturated rings. The number of rotatable bonds is 5. The van der Waals surface area contributed by atoms with Crippen LogP contribution in [0.2, 0.25) is 0 Å². The normalized spacial score (nSPS) is 21.3. The summed E-state index contributed by atoms with van der Waals surface area (Å²) in [4.78, 5) is 23.2. The number of halogens is 6. The molecular weight excluding hydrogens is 434 g/mol. The van der Waals surface area contributed by atoms with E-state index in [-0.39, 0.29) is 18.7 Å². The molecule has 3 N–H and O–H groups in total. The number of carbonyl (C=O) groups is 2. The van der Waals surface area contributed by atoms with E-state index < -0.39 is 59.9 Å². The lowest BCUT2D eigenvalue weighted by Gasteiger charge is -2.23. The third-order valence-corrected chi connectivity index (χ3v) is 4.72. The molecule has 7 nitrogen and oxygen atoms in total. The summed E-state index contributed by atoms with van der Waals surface area (Å²) in [6.07, 6.45) is -10.9. The molecule has 2 rings (SSSR count). The molecule has 1 saturated heterocycles. The van der Waals surface area contributed by atoms with E-state index >= 15 is 0 Å². The van der Waals surface area contributed by atoms with E-state index in [1.54, 1.807) is 0 Å². The topological polar surface area (TPSA) is 103 Å². The van der Waals surface area contributed by atoms with Gasteiger partial charge in [-0.2, -0.15) is 31.6 Å². The van der Waals surface area contributed by atoms with Crippen molar-refractivity contribution in [3.8, 4) is 6.07 Å². The molecule has 31 heavy (non-hydrogen) atoms. The minimum atomic E-state index is -4.93. The van der Waals surface area contributed by atoms with Gasteiger partial charge in [0, 0.05) is 19.0 Å². The molecule has 170 valence electrons. The van der Waals surface area contributed by atoms with Gasteiger partial charge in [0.25, 0.3) is 0 Å². The maximum atomic E-state index is 13.5. The number of hydrogen-bond donors (Lipinski definition) is 3. The Bertz CT molecular complexity index is 865. The van der Waals surface area contributed by atoms with Crippen molar-refractivity contribution in [2.75, 3.05) is 20.2 Å². The summed E-state index contributed by atoms with van der Waals surface area (Å²) < 4.78 is 84.5. The molecule has 1 unspecified atom stereocenters. The molecule has 0 aliphatic carbocycles. The Hall–Kier alpha value is -3.01. The van der Waals surface area contributed by atoms with E-state index in [0.29, 0.717) is 6.07 Å². The number of alkyl halides is 6. The standard InChI is InChI=1S/C18H18F6N4O3/c1-31-16(30)27-5-4-26-15(29)13-7-11(14(28-13)18(22,23)24)9-2-3-10(8-25)12(6-9)17(19,20)21/h2-3,6,11,13-14,28H,4-5,7H2,1H3,(H,26,29)(H,27,30)/t11?,13-,14+/m0/s1. The summed E-state index contributed by atoms with van der Waals surface area (Å²) in [6, 6.07) is 0.152. The van der Waals surface area contributed by atoms with Crippen LogP contribution in [0.3, 0.4) is 0 Å². The Balaban J connectivity index is 2.20. The quantitative estimate of drug-likeness (QED) is 0.471. The third-order valence-electron chi connectivity index (χ3n) is 4.72. The van der Waals surface area contributed by atoms with Crippen LogP contribution in [-0.2, 0) is 15.7 Å². The van der Waals surface area contributed by atoms with Crippen LogP contribution in [0, 0.1) is 11.3 Å². The first-order valence-electron chi connectivity index (χ1n) is 8.92. The molecule has 1 aliphatic heterocycles. The van der Waals surface area contributed by atoms with Crippen molar-refractivity contribution < 1.29 is 40.7 Å². The van der Waals surface area contributed by atoms with Crippen LogP contribution < -0.4 is 16.0 Å². The Kier molecular flexibility index (Phi) is 7.37. The van der Waals surface area contributed by atoms with E-state index in [1.165, 1.54) is 6.07 Å². The van der Waals surface area contributed by atoms with Gasteiger partial charge in [-0.25, -0.2) is 4.79 Å². The third kappa shape index (κ3) is 6.00. The van der Waals surface area contributed by atoms with Gasteiger partial charge in [-0.05, 0) is 24.1 Å². The zero-order valence-electron chi connectivity index (χ0n) is 16.0. The number of benzene rings is 1. The van der Waals surface area contributed by atoms with E-state index in [1.807, 2.05) is 0 Å². The van der Waals surface area contributed by atoms with Crippen LogP contribution in [0.5, 0.6) is 0 Å². The number of carbonyl (C=O) groups excluding carboxylic acids is 2. The number of nitriles is 1. The number of alkyl carbamates (subject to hydrolysis) is 1. The van der Waals surface area contributed by atoms with Gasteiger partial charge < -0.3 is 15.4 Å². The van der Waals surface area contributed by atoms with Crippen LogP contribution in [-0.4, -0.2) is 50.5 Å². The Morgan fingerprint density at radius 3 is 2.39 bits per heavy atom. The number of nitrogens with one attached hydrogen (secondary N) is 3. The van der Waals surface area contributed by atoms with Crippen LogP contribution in [0.1, 0.15) is 29.0 Å². The van der Waals surface area contributed by atoms with Crippen molar-refractivity contribution >= 4 is 12.0 Å². The van der Waals surface area contributed by atoms with Gasteiger partial charge in [-0.3, -0.25) is 10.1 Å². The van der Waals surface area contributed by atoms with Crippen molar-refractivity contribution in [2.24, 2.45) is 0 Å². The second kappa shape index (κ2) is 9.42. The maximum Gasteiger partial charge on any atom is 0.417 e. The fourth-order valence-electron chi connectivity index (χ4n) is 3.29. The Morgan fingerprint density at radius 2 is 1.84 bits per heavy atom. The first-order valence-corrected chi connectivity index (χ1v) is 8.92. The molecule has 3 atom stereocenters. The summed E-state index contributed by atoms with van der Waals surface area (Å²) in [5, 5.41) is 15.6. The first-order chi connectivity index (χ1) is 14.4. The number of amides is 2. The molecule has 0 aromatic heterocycles. The monoisotopic (exact) mass is 452 g/mol. The minimum Gasteiger partial charge on any atom is -0.453 e. The van der Waals surface area contributed by atoms with E-state index in [9.17, 15) is 35.9 Å². The molecule has 0 saturated carbocycles. The van der Waals surface area contributed by atoms with Gasteiger partial charge >= 0.3 is 18.4 Å². The predicted octanol–water partition coefficient (Wildman–Crippen LogP) is 2.43. The molecule has 1 aliphatic rings. The minimum absolute atomic E-state index is 0.0399. The zero-order chi connectivity index (χ0) is 23.4. The molecule has 2 amide bonds. The van der Waals surface area contributed by atoms with Crippen molar-refractivity contribution in [1.29, 1.82) is 5.26 Å².